The Balaban J connectivity index is 1.68. The van der Waals surface area contributed by atoms with Crippen molar-refractivity contribution in [2.24, 2.45) is 0 Å². The molecule has 1 aliphatic rings. The fourth-order valence-corrected chi connectivity index (χ4v) is 3.32. The Morgan fingerprint density at radius 3 is 3.04 bits per heavy atom. The van der Waals surface area contributed by atoms with Crippen LogP contribution in [0.25, 0.3) is 0 Å². The van der Waals surface area contributed by atoms with E-state index in [4.69, 9.17) is 4.74 Å². The fraction of sp³-hybridized carbons (Fsp3) is 0.500. The van der Waals surface area contributed by atoms with Gasteiger partial charge in [-0.3, -0.25) is 14.3 Å². The van der Waals surface area contributed by atoms with Gasteiger partial charge < -0.3 is 14.6 Å². The van der Waals surface area contributed by atoms with Crippen molar-refractivity contribution in [3.05, 3.63) is 52.2 Å². The molecule has 1 N–H and O–H groups in total. The third kappa shape index (κ3) is 4.36. The van der Waals surface area contributed by atoms with Gasteiger partial charge in [-0.05, 0) is 30.9 Å². The van der Waals surface area contributed by atoms with Crippen molar-refractivity contribution in [2.75, 3.05) is 13.7 Å². The SMILES string of the molecule is COCCC(=O)NC1CCc2c(ccc(=O)n2CCn2cccn2)C1. The summed E-state index contributed by atoms with van der Waals surface area (Å²) in [5, 5.41) is 7.25. The molecule has 2 aromatic rings. The molecule has 0 saturated carbocycles. The summed E-state index contributed by atoms with van der Waals surface area (Å²) in [5.41, 5.74) is 2.25. The lowest BCUT2D eigenvalue weighted by Crippen LogP contribution is -2.41. The van der Waals surface area contributed by atoms with E-state index in [1.807, 2.05) is 27.6 Å². The Kier molecular flexibility index (Phi) is 5.65. The average molecular weight is 344 g/mol. The van der Waals surface area contributed by atoms with E-state index in [0.29, 0.717) is 26.1 Å². The van der Waals surface area contributed by atoms with Crippen LogP contribution < -0.4 is 10.9 Å². The van der Waals surface area contributed by atoms with Gasteiger partial charge in [0, 0.05) is 50.3 Å². The van der Waals surface area contributed by atoms with Gasteiger partial charge in [0.05, 0.1) is 13.2 Å². The number of nitrogens with zero attached hydrogens (tertiary/aromatic N) is 3. The number of ether oxygens (including phenoxy) is 1. The van der Waals surface area contributed by atoms with Crippen molar-refractivity contribution in [1.82, 2.24) is 19.7 Å². The second kappa shape index (κ2) is 8.11. The van der Waals surface area contributed by atoms with Gasteiger partial charge in [0.1, 0.15) is 0 Å². The third-order valence-corrected chi connectivity index (χ3v) is 4.60. The Labute approximate surface area is 146 Å². The molecule has 7 heteroatoms. The summed E-state index contributed by atoms with van der Waals surface area (Å²) in [7, 11) is 1.59. The van der Waals surface area contributed by atoms with E-state index in [1.165, 1.54) is 0 Å². The zero-order valence-corrected chi connectivity index (χ0v) is 14.5. The first-order chi connectivity index (χ1) is 12.2. The highest BCUT2D eigenvalue weighted by Gasteiger charge is 2.22. The number of carbonyl (C=O) groups is 1. The molecule has 0 fully saturated rings. The zero-order valence-electron chi connectivity index (χ0n) is 14.5. The maximum Gasteiger partial charge on any atom is 0.250 e. The average Bonchev–Trinajstić information content (AvgIpc) is 3.12. The number of aryl methyl sites for hydroxylation is 1. The second-order valence-electron chi connectivity index (χ2n) is 6.31. The molecule has 134 valence electrons. The van der Waals surface area contributed by atoms with Crippen LogP contribution in [0.4, 0.5) is 0 Å². The fourth-order valence-electron chi connectivity index (χ4n) is 3.32. The molecule has 2 heterocycles. The number of carbonyl (C=O) groups excluding carboxylic acids is 1. The molecule has 2 aromatic heterocycles. The van der Waals surface area contributed by atoms with Gasteiger partial charge in [-0.25, -0.2) is 0 Å². The number of aromatic nitrogens is 3. The van der Waals surface area contributed by atoms with E-state index in [2.05, 4.69) is 10.4 Å². The lowest BCUT2D eigenvalue weighted by Gasteiger charge is -2.27. The minimum absolute atomic E-state index is 0.0160. The summed E-state index contributed by atoms with van der Waals surface area (Å²) < 4.78 is 8.61. The Hall–Kier alpha value is -2.41. The lowest BCUT2D eigenvalue weighted by molar-refractivity contribution is -0.122. The highest BCUT2D eigenvalue weighted by Crippen LogP contribution is 2.20. The van der Waals surface area contributed by atoms with E-state index in [9.17, 15) is 9.59 Å². The van der Waals surface area contributed by atoms with Gasteiger partial charge in [0.2, 0.25) is 5.91 Å². The number of methoxy groups -OCH3 is 1. The zero-order chi connectivity index (χ0) is 17.6. The normalized spacial score (nSPS) is 16.4. The van der Waals surface area contributed by atoms with Gasteiger partial charge in [-0.1, -0.05) is 6.07 Å². The van der Waals surface area contributed by atoms with Crippen LogP contribution in [0.15, 0.2) is 35.4 Å². The molecule has 1 unspecified atom stereocenters. The molecule has 3 rings (SSSR count). The Morgan fingerprint density at radius 1 is 1.40 bits per heavy atom. The van der Waals surface area contributed by atoms with E-state index >= 15 is 0 Å². The van der Waals surface area contributed by atoms with Crippen molar-refractivity contribution in [1.29, 1.82) is 0 Å². The van der Waals surface area contributed by atoms with Gasteiger partial charge >= 0.3 is 0 Å². The number of amides is 1. The summed E-state index contributed by atoms with van der Waals surface area (Å²) in [6.45, 7) is 1.71. The van der Waals surface area contributed by atoms with Crippen LogP contribution >= 0.6 is 0 Å². The number of pyridine rings is 1. The van der Waals surface area contributed by atoms with E-state index in [-0.39, 0.29) is 17.5 Å². The lowest BCUT2D eigenvalue weighted by atomic mass is 9.91. The van der Waals surface area contributed by atoms with Crippen LogP contribution in [0.2, 0.25) is 0 Å². The number of fused-ring (bicyclic) bond motifs is 1. The highest BCUT2D eigenvalue weighted by molar-refractivity contribution is 5.76. The quantitative estimate of drug-likeness (QED) is 0.804. The molecule has 0 spiro atoms. The van der Waals surface area contributed by atoms with Crippen molar-refractivity contribution in [3.8, 4) is 0 Å². The van der Waals surface area contributed by atoms with Crippen molar-refractivity contribution >= 4 is 5.91 Å². The van der Waals surface area contributed by atoms with Crippen LogP contribution in [0.1, 0.15) is 24.1 Å². The van der Waals surface area contributed by atoms with Gasteiger partial charge in [-0.15, -0.1) is 0 Å². The predicted octanol–water partition coefficient (Wildman–Crippen LogP) is 0.755. The van der Waals surface area contributed by atoms with E-state index < -0.39 is 0 Å². The van der Waals surface area contributed by atoms with Crippen LogP contribution in [-0.2, 0) is 35.5 Å². The monoisotopic (exact) mass is 344 g/mol. The van der Waals surface area contributed by atoms with Crippen molar-refractivity contribution in [3.63, 3.8) is 0 Å². The Morgan fingerprint density at radius 2 is 2.28 bits per heavy atom. The first-order valence-corrected chi connectivity index (χ1v) is 8.64. The predicted molar refractivity (Wildman–Crippen MR) is 93.4 cm³/mol. The van der Waals surface area contributed by atoms with Crippen molar-refractivity contribution < 1.29 is 9.53 Å². The number of nitrogens with one attached hydrogen (secondary N) is 1. The smallest absolute Gasteiger partial charge is 0.250 e. The summed E-state index contributed by atoms with van der Waals surface area (Å²) in [5.74, 6) is 0.0160. The number of hydrogen-bond donors (Lipinski definition) is 1. The second-order valence-corrected chi connectivity index (χ2v) is 6.31. The molecule has 7 nitrogen and oxygen atoms in total. The topological polar surface area (TPSA) is 78.1 Å². The summed E-state index contributed by atoms with van der Waals surface area (Å²) >= 11 is 0. The minimum Gasteiger partial charge on any atom is -0.384 e. The maximum atomic E-state index is 12.3. The molecule has 1 atom stereocenters. The van der Waals surface area contributed by atoms with Gasteiger partial charge in [-0.2, -0.15) is 5.10 Å². The molecule has 1 aliphatic carbocycles. The first-order valence-electron chi connectivity index (χ1n) is 8.64. The molecule has 0 aliphatic heterocycles. The van der Waals surface area contributed by atoms with Crippen LogP contribution in [0, 0.1) is 0 Å². The third-order valence-electron chi connectivity index (χ3n) is 4.60. The minimum atomic E-state index is 0.0160. The molecular weight excluding hydrogens is 320 g/mol. The van der Waals surface area contributed by atoms with Gasteiger partial charge in [0.15, 0.2) is 0 Å². The molecule has 0 bridgehead atoms. The largest absolute Gasteiger partial charge is 0.384 e. The van der Waals surface area contributed by atoms with E-state index in [0.717, 1.165) is 30.5 Å². The van der Waals surface area contributed by atoms with Crippen LogP contribution in [0.5, 0.6) is 0 Å². The molecule has 25 heavy (non-hydrogen) atoms. The standard InChI is InChI=1S/C18H24N4O3/c1-25-12-7-17(23)20-15-4-5-16-14(13-15)3-6-18(24)22(16)11-10-21-9-2-8-19-21/h2-3,6,8-9,15H,4-5,7,10-13H2,1H3,(H,20,23). The first kappa shape index (κ1) is 17.4. The van der Waals surface area contributed by atoms with Gasteiger partial charge in [0.25, 0.3) is 5.56 Å². The van der Waals surface area contributed by atoms with Crippen LogP contribution in [-0.4, -0.2) is 40.0 Å². The summed E-state index contributed by atoms with van der Waals surface area (Å²) in [6, 6.07) is 5.51. The molecule has 0 saturated heterocycles. The van der Waals surface area contributed by atoms with Crippen molar-refractivity contribution in [2.45, 2.75) is 44.8 Å². The molecule has 0 radical (unpaired) electrons. The van der Waals surface area contributed by atoms with E-state index in [1.54, 1.807) is 19.4 Å². The molecule has 1 amide bonds. The summed E-state index contributed by atoms with van der Waals surface area (Å²) in [4.78, 5) is 24.2. The highest BCUT2D eigenvalue weighted by atomic mass is 16.5. The van der Waals surface area contributed by atoms with Crippen LogP contribution in [0.3, 0.4) is 0 Å². The molecule has 0 aromatic carbocycles. The Bertz CT molecular complexity index is 767. The summed E-state index contributed by atoms with van der Waals surface area (Å²) in [6.07, 6.45) is 6.40. The maximum absolute atomic E-state index is 12.3. The number of rotatable bonds is 7. The number of hydrogen-bond acceptors (Lipinski definition) is 4. The molecular formula is C18H24N4O3.